The molecule has 1 saturated heterocycles. The predicted octanol–water partition coefficient (Wildman–Crippen LogP) is 1.97. The molecule has 7 heteroatoms. The number of carbonyl (C=O) groups is 1. The van der Waals surface area contributed by atoms with Crippen molar-refractivity contribution in [1.29, 1.82) is 0 Å². The van der Waals surface area contributed by atoms with Crippen LogP contribution in [-0.4, -0.2) is 37.0 Å². The number of benzene rings is 1. The van der Waals surface area contributed by atoms with Crippen LogP contribution in [0.5, 0.6) is 0 Å². The first-order chi connectivity index (χ1) is 9.75. The molecule has 1 fully saturated rings. The normalized spacial score (nSPS) is 16.6. The van der Waals surface area contributed by atoms with Crippen molar-refractivity contribution in [3.05, 3.63) is 29.3 Å². The van der Waals surface area contributed by atoms with Crippen molar-refractivity contribution in [3.63, 3.8) is 0 Å². The molecule has 0 aromatic heterocycles. The third-order valence-electron chi connectivity index (χ3n) is 3.40. The molecule has 2 rings (SSSR count). The van der Waals surface area contributed by atoms with Crippen LogP contribution in [0.3, 0.4) is 0 Å². The van der Waals surface area contributed by atoms with Crippen molar-refractivity contribution in [3.8, 4) is 0 Å². The number of hydrogen-bond acceptors (Lipinski definition) is 3. The monoisotopic (exact) mass is 301 g/mol. The van der Waals surface area contributed by atoms with Gasteiger partial charge in [-0.15, -0.1) is 0 Å². The van der Waals surface area contributed by atoms with Crippen molar-refractivity contribution >= 4 is 11.6 Å². The Bertz CT molecular complexity index is 525. The van der Waals surface area contributed by atoms with E-state index in [1.54, 1.807) is 0 Å². The number of nitrogen functional groups attached to an aromatic ring is 1. The van der Waals surface area contributed by atoms with Crippen LogP contribution in [0.1, 0.15) is 22.8 Å². The molecule has 116 valence electrons. The second-order valence-electron chi connectivity index (χ2n) is 5.46. The Morgan fingerprint density at radius 1 is 1.38 bits per heavy atom. The average Bonchev–Trinajstić information content (AvgIpc) is 2.34. The van der Waals surface area contributed by atoms with Crippen molar-refractivity contribution in [2.45, 2.75) is 13.1 Å². The number of hydrogen-bond donors (Lipinski definition) is 2. The first-order valence-electron chi connectivity index (χ1n) is 6.74. The maximum Gasteiger partial charge on any atom is 0.416 e. The minimum absolute atomic E-state index is 0.0701. The maximum atomic E-state index is 12.7. The van der Waals surface area contributed by atoms with Crippen LogP contribution in [-0.2, 0) is 6.18 Å². The highest BCUT2D eigenvalue weighted by atomic mass is 19.4. The summed E-state index contributed by atoms with van der Waals surface area (Å²) in [6.45, 7) is 5.23. The lowest BCUT2D eigenvalue weighted by molar-refractivity contribution is -0.137. The fourth-order valence-corrected chi connectivity index (χ4v) is 2.39. The van der Waals surface area contributed by atoms with Crippen molar-refractivity contribution in [1.82, 2.24) is 10.2 Å². The molecule has 4 nitrogen and oxygen atoms in total. The molecule has 1 heterocycles. The molecule has 0 atom stereocenters. The summed E-state index contributed by atoms with van der Waals surface area (Å²) in [4.78, 5) is 14.0. The second-order valence-corrected chi connectivity index (χ2v) is 5.46. The van der Waals surface area contributed by atoms with Gasteiger partial charge in [-0.3, -0.25) is 4.79 Å². The summed E-state index contributed by atoms with van der Waals surface area (Å²) in [5.74, 6) is 0.130. The van der Waals surface area contributed by atoms with E-state index in [9.17, 15) is 18.0 Å². The highest BCUT2D eigenvalue weighted by Crippen LogP contribution is 2.31. The zero-order chi connectivity index (χ0) is 15.6. The van der Waals surface area contributed by atoms with Crippen LogP contribution in [0.2, 0.25) is 0 Å². The summed E-state index contributed by atoms with van der Waals surface area (Å²) in [6.07, 6.45) is -4.52. The average molecular weight is 301 g/mol. The van der Waals surface area contributed by atoms with Gasteiger partial charge in [0.15, 0.2) is 0 Å². The van der Waals surface area contributed by atoms with Crippen LogP contribution in [0.4, 0.5) is 18.9 Å². The van der Waals surface area contributed by atoms with Gasteiger partial charge in [0.2, 0.25) is 0 Å². The molecule has 1 aliphatic heterocycles. The Morgan fingerprint density at radius 3 is 2.62 bits per heavy atom. The fraction of sp³-hybridized carbons (Fsp3) is 0.500. The van der Waals surface area contributed by atoms with Crippen LogP contribution in [0, 0.1) is 5.92 Å². The Morgan fingerprint density at radius 2 is 2.05 bits per heavy atom. The number of nitrogens with one attached hydrogen (secondary N) is 1. The van der Waals surface area contributed by atoms with E-state index in [0.29, 0.717) is 19.0 Å². The second kappa shape index (κ2) is 5.93. The van der Waals surface area contributed by atoms with E-state index in [4.69, 9.17) is 5.73 Å². The van der Waals surface area contributed by atoms with Crippen LogP contribution < -0.4 is 11.1 Å². The zero-order valence-electron chi connectivity index (χ0n) is 11.7. The summed E-state index contributed by atoms with van der Waals surface area (Å²) in [7, 11) is 0. The lowest BCUT2D eigenvalue weighted by atomic mass is 10.0. The highest BCUT2D eigenvalue weighted by molar-refractivity contribution is 5.95. The summed E-state index contributed by atoms with van der Waals surface area (Å²) in [6, 6.07) is 2.88. The smallest absolute Gasteiger partial charge is 0.399 e. The van der Waals surface area contributed by atoms with Crippen LogP contribution >= 0.6 is 0 Å². The van der Waals surface area contributed by atoms with E-state index < -0.39 is 17.6 Å². The van der Waals surface area contributed by atoms with Gasteiger partial charge in [0.25, 0.3) is 5.91 Å². The quantitative estimate of drug-likeness (QED) is 0.836. The minimum atomic E-state index is -4.52. The molecule has 1 amide bonds. The summed E-state index contributed by atoms with van der Waals surface area (Å²) >= 11 is 0. The standard InChI is InChI=1S/C14H18F3N3O/c1-9-7-20(8-9)3-2-19-13(21)10-4-11(14(15,16)17)6-12(18)5-10/h4-6,9H,2-3,7-8,18H2,1H3,(H,19,21). The van der Waals surface area contributed by atoms with E-state index in [1.807, 2.05) is 0 Å². The number of nitrogens with zero attached hydrogens (tertiary/aromatic N) is 1. The van der Waals surface area contributed by atoms with Gasteiger partial charge in [-0.05, 0) is 24.1 Å². The topological polar surface area (TPSA) is 58.4 Å². The molecule has 0 aliphatic carbocycles. The number of alkyl halides is 3. The molecule has 3 N–H and O–H groups in total. The van der Waals surface area contributed by atoms with Crippen LogP contribution in [0.15, 0.2) is 18.2 Å². The van der Waals surface area contributed by atoms with Gasteiger partial charge in [-0.1, -0.05) is 6.92 Å². The largest absolute Gasteiger partial charge is 0.416 e. The van der Waals surface area contributed by atoms with E-state index in [1.165, 1.54) is 6.07 Å². The third-order valence-corrected chi connectivity index (χ3v) is 3.40. The van der Waals surface area contributed by atoms with Crippen molar-refractivity contribution < 1.29 is 18.0 Å². The molecular weight excluding hydrogens is 283 g/mol. The van der Waals surface area contributed by atoms with Gasteiger partial charge < -0.3 is 16.0 Å². The molecule has 0 unspecified atom stereocenters. The number of carbonyl (C=O) groups excluding carboxylic acids is 1. The van der Waals surface area contributed by atoms with Gasteiger partial charge in [0.05, 0.1) is 5.56 Å². The number of likely N-dealkylation sites (tertiary alicyclic amines) is 1. The van der Waals surface area contributed by atoms with E-state index in [0.717, 1.165) is 25.2 Å². The number of anilines is 1. The lowest BCUT2D eigenvalue weighted by Gasteiger charge is -2.37. The molecule has 0 radical (unpaired) electrons. The third kappa shape index (κ3) is 4.10. The Balaban J connectivity index is 1.94. The zero-order valence-corrected chi connectivity index (χ0v) is 11.7. The molecular formula is C14H18F3N3O. The van der Waals surface area contributed by atoms with Gasteiger partial charge in [-0.25, -0.2) is 0 Å². The number of nitrogens with two attached hydrogens (primary N) is 1. The van der Waals surface area contributed by atoms with Crippen LogP contribution in [0.25, 0.3) is 0 Å². The first-order valence-corrected chi connectivity index (χ1v) is 6.74. The van der Waals surface area contributed by atoms with Crippen molar-refractivity contribution in [2.75, 3.05) is 31.9 Å². The van der Waals surface area contributed by atoms with Crippen molar-refractivity contribution in [2.24, 2.45) is 5.92 Å². The Hall–Kier alpha value is -1.76. The van der Waals surface area contributed by atoms with Gasteiger partial charge in [-0.2, -0.15) is 13.2 Å². The highest BCUT2D eigenvalue weighted by Gasteiger charge is 2.31. The first kappa shape index (κ1) is 15.6. The van der Waals surface area contributed by atoms with Gasteiger partial charge in [0.1, 0.15) is 0 Å². The SMILES string of the molecule is CC1CN(CCNC(=O)c2cc(N)cc(C(F)(F)F)c2)C1. The number of amides is 1. The van der Waals surface area contributed by atoms with E-state index in [-0.39, 0.29) is 11.3 Å². The number of halogens is 3. The Labute approximate surface area is 121 Å². The molecule has 1 aromatic rings. The summed E-state index contributed by atoms with van der Waals surface area (Å²) < 4.78 is 38.0. The van der Waals surface area contributed by atoms with E-state index >= 15 is 0 Å². The molecule has 1 aromatic carbocycles. The summed E-state index contributed by atoms with van der Waals surface area (Å²) in [5, 5.41) is 2.62. The predicted molar refractivity (Wildman–Crippen MR) is 73.8 cm³/mol. The molecule has 1 aliphatic rings. The molecule has 0 bridgehead atoms. The van der Waals surface area contributed by atoms with Gasteiger partial charge in [0, 0.05) is 37.4 Å². The minimum Gasteiger partial charge on any atom is -0.399 e. The summed E-state index contributed by atoms with van der Waals surface area (Å²) in [5.41, 5.74) is 4.37. The molecule has 0 saturated carbocycles. The number of rotatable bonds is 4. The maximum absolute atomic E-state index is 12.7. The fourth-order valence-electron chi connectivity index (χ4n) is 2.39. The molecule has 21 heavy (non-hydrogen) atoms. The Kier molecular flexibility index (Phi) is 4.41. The molecule has 0 spiro atoms. The van der Waals surface area contributed by atoms with Gasteiger partial charge >= 0.3 is 6.18 Å². The lowest BCUT2D eigenvalue weighted by Crippen LogP contribution is -2.48. The van der Waals surface area contributed by atoms with E-state index in [2.05, 4.69) is 17.1 Å².